The molecule has 0 bridgehead atoms. The van der Waals surface area contributed by atoms with Crippen molar-refractivity contribution < 1.29 is 5.11 Å². The number of aliphatic hydroxyl groups excluding tert-OH is 1. The molecule has 0 radical (unpaired) electrons. The van der Waals surface area contributed by atoms with Gasteiger partial charge in [0.1, 0.15) is 0 Å². The van der Waals surface area contributed by atoms with Crippen LogP contribution in [0.1, 0.15) is 60.0 Å². The molecular weight excluding hydrogens is 434 g/mol. The van der Waals surface area contributed by atoms with Gasteiger partial charge in [0.25, 0.3) is 0 Å². The van der Waals surface area contributed by atoms with Gasteiger partial charge in [-0.15, -0.1) is 12.4 Å². The van der Waals surface area contributed by atoms with Crippen LogP contribution in [0.2, 0.25) is 0 Å². The van der Waals surface area contributed by atoms with E-state index in [2.05, 4.69) is 70.2 Å². The quantitative estimate of drug-likeness (QED) is 0.559. The van der Waals surface area contributed by atoms with E-state index in [-0.39, 0.29) is 18.5 Å². The number of benzene rings is 2. The van der Waals surface area contributed by atoms with Crippen molar-refractivity contribution in [2.75, 3.05) is 19.6 Å². The molecule has 1 aliphatic carbocycles. The lowest BCUT2D eigenvalue weighted by Gasteiger charge is -2.35. The summed E-state index contributed by atoms with van der Waals surface area (Å²) in [6, 6.07) is 15.1. The van der Waals surface area contributed by atoms with E-state index in [9.17, 15) is 5.11 Å². The zero-order valence-electron chi connectivity index (χ0n) is 16.6. The second-order valence-corrected chi connectivity index (χ2v) is 9.25. The van der Waals surface area contributed by atoms with Crippen LogP contribution < -0.4 is 0 Å². The summed E-state index contributed by atoms with van der Waals surface area (Å²) in [5.41, 5.74) is 5.36. The molecule has 1 aliphatic heterocycles. The van der Waals surface area contributed by atoms with E-state index in [0.29, 0.717) is 11.8 Å². The third kappa shape index (κ3) is 4.81. The van der Waals surface area contributed by atoms with Crippen molar-refractivity contribution in [3.05, 3.63) is 69.2 Å². The normalized spacial score (nSPS) is 23.5. The Morgan fingerprint density at radius 1 is 1.00 bits per heavy atom. The van der Waals surface area contributed by atoms with Gasteiger partial charge in [-0.2, -0.15) is 0 Å². The van der Waals surface area contributed by atoms with Crippen LogP contribution >= 0.6 is 28.3 Å². The Labute approximate surface area is 183 Å². The van der Waals surface area contributed by atoms with Gasteiger partial charge < -0.3 is 10.0 Å². The maximum atomic E-state index is 10.8. The first-order chi connectivity index (χ1) is 13.1. The third-order valence-electron chi connectivity index (χ3n) is 6.61. The second kappa shape index (κ2) is 9.75. The monoisotopic (exact) mass is 463 g/mol. The predicted molar refractivity (Wildman–Crippen MR) is 122 cm³/mol. The zero-order valence-corrected chi connectivity index (χ0v) is 19.0. The fraction of sp³-hybridized carbons (Fsp3) is 0.500. The minimum atomic E-state index is -0.301. The van der Waals surface area contributed by atoms with Gasteiger partial charge in [-0.1, -0.05) is 52.3 Å². The zero-order chi connectivity index (χ0) is 18.8. The Bertz CT molecular complexity index is 788. The molecular formula is C24H31BrClNO. The number of aryl methyl sites for hydroxylation is 1. The Kier molecular flexibility index (Phi) is 7.60. The third-order valence-corrected chi connectivity index (χ3v) is 7.34. The fourth-order valence-electron chi connectivity index (χ4n) is 5.05. The molecule has 1 saturated heterocycles. The van der Waals surface area contributed by atoms with Gasteiger partial charge in [0.15, 0.2) is 0 Å². The van der Waals surface area contributed by atoms with Crippen molar-refractivity contribution in [3.8, 4) is 0 Å². The molecule has 2 nitrogen and oxygen atoms in total. The van der Waals surface area contributed by atoms with Crippen molar-refractivity contribution in [3.63, 3.8) is 0 Å². The molecule has 0 amide bonds. The first-order valence-corrected chi connectivity index (χ1v) is 11.1. The molecule has 1 fully saturated rings. The minimum Gasteiger partial charge on any atom is -0.388 e. The molecule has 0 spiro atoms. The number of hydrogen-bond acceptors (Lipinski definition) is 2. The smallest absolute Gasteiger partial charge is 0.0795 e. The topological polar surface area (TPSA) is 23.5 Å². The summed E-state index contributed by atoms with van der Waals surface area (Å²) in [6.45, 7) is 5.65. The van der Waals surface area contributed by atoms with Crippen LogP contribution in [0.15, 0.2) is 46.9 Å². The van der Waals surface area contributed by atoms with Crippen LogP contribution in [-0.2, 0) is 6.42 Å². The number of rotatable bonds is 3. The maximum Gasteiger partial charge on any atom is 0.0795 e. The van der Waals surface area contributed by atoms with E-state index in [4.69, 9.17) is 0 Å². The van der Waals surface area contributed by atoms with E-state index < -0.39 is 0 Å². The van der Waals surface area contributed by atoms with Gasteiger partial charge in [0, 0.05) is 11.0 Å². The summed E-state index contributed by atoms with van der Waals surface area (Å²) >= 11 is 3.72. The molecule has 2 atom stereocenters. The molecule has 2 aromatic carbocycles. The molecule has 1 N–H and O–H groups in total. The summed E-state index contributed by atoms with van der Waals surface area (Å²) in [6.07, 6.45) is 5.37. The lowest BCUT2D eigenvalue weighted by molar-refractivity contribution is 0.117. The Morgan fingerprint density at radius 2 is 1.71 bits per heavy atom. The molecule has 2 aliphatic rings. The summed E-state index contributed by atoms with van der Waals surface area (Å²) in [7, 11) is 0. The van der Waals surface area contributed by atoms with E-state index in [1.807, 2.05) is 0 Å². The molecule has 152 valence electrons. The van der Waals surface area contributed by atoms with Crippen molar-refractivity contribution in [1.82, 2.24) is 4.90 Å². The average molecular weight is 465 g/mol. The number of likely N-dealkylation sites (tertiary alicyclic amines) is 1. The van der Waals surface area contributed by atoms with Gasteiger partial charge >= 0.3 is 0 Å². The van der Waals surface area contributed by atoms with Crippen LogP contribution in [0.3, 0.4) is 0 Å². The first kappa shape index (κ1) is 21.8. The van der Waals surface area contributed by atoms with E-state index in [1.165, 1.54) is 59.1 Å². The Morgan fingerprint density at radius 3 is 2.46 bits per heavy atom. The number of hydrogen-bond donors (Lipinski definition) is 1. The number of aliphatic hydroxyl groups is 1. The molecule has 0 saturated carbocycles. The number of piperidine rings is 1. The van der Waals surface area contributed by atoms with Gasteiger partial charge in [-0.25, -0.2) is 0 Å². The molecule has 1 heterocycles. The summed E-state index contributed by atoms with van der Waals surface area (Å²) in [5.74, 6) is 1.26. The van der Waals surface area contributed by atoms with Crippen molar-refractivity contribution >= 4 is 28.3 Å². The van der Waals surface area contributed by atoms with Gasteiger partial charge in [0.2, 0.25) is 0 Å². The molecule has 4 rings (SSSR count). The molecule has 2 unspecified atom stereocenters. The van der Waals surface area contributed by atoms with Gasteiger partial charge in [-0.3, -0.25) is 0 Å². The van der Waals surface area contributed by atoms with Crippen LogP contribution in [0, 0.1) is 12.8 Å². The second-order valence-electron chi connectivity index (χ2n) is 8.40. The van der Waals surface area contributed by atoms with Crippen molar-refractivity contribution in [2.45, 2.75) is 51.0 Å². The lowest BCUT2D eigenvalue weighted by atomic mass is 9.88. The molecule has 0 aromatic heterocycles. The summed E-state index contributed by atoms with van der Waals surface area (Å²) in [5, 5.41) is 10.8. The van der Waals surface area contributed by atoms with Crippen LogP contribution in [0.5, 0.6) is 0 Å². The van der Waals surface area contributed by atoms with E-state index in [0.717, 1.165) is 19.4 Å². The van der Waals surface area contributed by atoms with Crippen LogP contribution in [0.4, 0.5) is 0 Å². The predicted octanol–water partition coefficient (Wildman–Crippen LogP) is 6.04. The van der Waals surface area contributed by atoms with Crippen LogP contribution in [-0.4, -0.2) is 29.6 Å². The fourth-order valence-corrected chi connectivity index (χ4v) is 5.66. The highest BCUT2D eigenvalue weighted by Gasteiger charge is 2.27. The molecule has 28 heavy (non-hydrogen) atoms. The van der Waals surface area contributed by atoms with Crippen LogP contribution in [0.25, 0.3) is 0 Å². The SMILES string of the molecule is Cc1cccc2c1CCC(CN1CCC(c3ccccc3Br)CC1)CC2O.Cl. The Balaban J connectivity index is 0.00000225. The van der Waals surface area contributed by atoms with E-state index in [1.54, 1.807) is 0 Å². The highest BCUT2D eigenvalue weighted by atomic mass is 79.9. The molecule has 4 heteroatoms. The first-order valence-electron chi connectivity index (χ1n) is 10.3. The highest BCUT2D eigenvalue weighted by Crippen LogP contribution is 2.36. The summed E-state index contributed by atoms with van der Waals surface area (Å²) in [4.78, 5) is 2.63. The molecule has 2 aromatic rings. The standard InChI is InChI=1S/C24H30BrNO.ClH/c1-17-5-4-7-22-20(17)10-9-18(15-24(22)27)16-26-13-11-19(12-14-26)21-6-2-3-8-23(21)25;/h2-8,18-19,24,27H,9-16H2,1H3;1H. The number of nitrogens with zero attached hydrogens (tertiary/aromatic N) is 1. The number of halogens is 2. The lowest BCUT2D eigenvalue weighted by Crippen LogP contribution is -2.37. The van der Waals surface area contributed by atoms with Gasteiger partial charge in [-0.05, 0) is 92.3 Å². The Hall–Kier alpha value is -0.870. The highest BCUT2D eigenvalue weighted by molar-refractivity contribution is 9.10. The minimum absolute atomic E-state index is 0. The maximum absolute atomic E-state index is 10.8. The number of fused-ring (bicyclic) bond motifs is 1. The summed E-state index contributed by atoms with van der Waals surface area (Å²) < 4.78 is 1.25. The van der Waals surface area contributed by atoms with Crippen molar-refractivity contribution in [1.29, 1.82) is 0 Å². The largest absolute Gasteiger partial charge is 0.388 e. The van der Waals surface area contributed by atoms with Gasteiger partial charge in [0.05, 0.1) is 6.10 Å². The average Bonchev–Trinajstić information content (AvgIpc) is 2.83. The van der Waals surface area contributed by atoms with E-state index >= 15 is 0 Å². The van der Waals surface area contributed by atoms with Crippen molar-refractivity contribution in [2.24, 2.45) is 5.92 Å².